The minimum Gasteiger partial charge on any atom is -0.496 e. The van der Waals surface area contributed by atoms with Crippen LogP contribution in [-0.4, -0.2) is 30.1 Å². The molecule has 0 radical (unpaired) electrons. The number of hydrogen-bond acceptors (Lipinski definition) is 4. The number of hydrogen-bond donors (Lipinski definition) is 2. The number of carbonyl (C=O) groups excluding carboxylic acids is 1. The number of nitrogens with one attached hydrogen (secondary N) is 2. The van der Waals surface area contributed by atoms with Crippen molar-refractivity contribution in [1.82, 2.24) is 10.3 Å². The Morgan fingerprint density at radius 3 is 2.47 bits per heavy atom. The van der Waals surface area contributed by atoms with Gasteiger partial charge in [0.2, 0.25) is 0 Å². The smallest absolute Gasteiger partial charge is 0.255 e. The molecular weight excluding hydrogens is 421 g/mol. The van der Waals surface area contributed by atoms with E-state index < -0.39 is 0 Å². The minimum atomic E-state index is -0.150. The lowest BCUT2D eigenvalue weighted by Crippen LogP contribution is -2.40. The lowest BCUT2D eigenvalue weighted by atomic mass is 9.90. The molecule has 0 saturated heterocycles. The molecule has 1 saturated carbocycles. The van der Waals surface area contributed by atoms with E-state index in [1.54, 1.807) is 31.5 Å². The molecule has 4 rings (SSSR count). The van der Waals surface area contributed by atoms with Crippen LogP contribution in [0.15, 0.2) is 48.7 Å². The molecule has 156 valence electrons. The van der Waals surface area contributed by atoms with Crippen LogP contribution >= 0.6 is 23.2 Å². The molecule has 1 aliphatic rings. The Morgan fingerprint density at radius 1 is 1.00 bits per heavy atom. The Balaban J connectivity index is 1.37. The first-order chi connectivity index (χ1) is 14.5. The second kappa shape index (κ2) is 9.11. The van der Waals surface area contributed by atoms with E-state index in [4.69, 9.17) is 27.9 Å². The molecular formula is C23H23Cl2N3O2. The highest BCUT2D eigenvalue weighted by atomic mass is 35.5. The lowest BCUT2D eigenvalue weighted by molar-refractivity contribution is 0.0923. The standard InChI is InChI=1S/C23H23Cl2N3O2/c1-30-22-9-3-14(24)12-19(22)23(29)28-17-6-4-16(5-7-17)27-20-10-11-26-21-13-15(25)2-8-18(20)21/h2-3,8-13,16-17H,4-7H2,1H3,(H,26,27)(H,28,29). The number of methoxy groups -OCH3 is 1. The predicted molar refractivity (Wildman–Crippen MR) is 122 cm³/mol. The van der Waals surface area contributed by atoms with Gasteiger partial charge in [-0.25, -0.2) is 0 Å². The Morgan fingerprint density at radius 2 is 1.70 bits per heavy atom. The fourth-order valence-corrected chi connectivity index (χ4v) is 4.31. The summed E-state index contributed by atoms with van der Waals surface area (Å²) in [7, 11) is 1.55. The number of halogens is 2. The predicted octanol–water partition coefficient (Wildman–Crippen LogP) is 5.70. The fourth-order valence-electron chi connectivity index (χ4n) is 3.97. The largest absolute Gasteiger partial charge is 0.496 e. The third kappa shape index (κ3) is 4.63. The number of fused-ring (bicyclic) bond motifs is 1. The summed E-state index contributed by atoms with van der Waals surface area (Å²) in [6.07, 6.45) is 5.54. The number of carbonyl (C=O) groups is 1. The van der Waals surface area contributed by atoms with Gasteiger partial charge in [0.25, 0.3) is 5.91 Å². The van der Waals surface area contributed by atoms with Gasteiger partial charge in [-0.1, -0.05) is 23.2 Å². The molecule has 0 unspecified atom stereocenters. The number of nitrogens with zero attached hydrogens (tertiary/aromatic N) is 1. The molecule has 1 aromatic heterocycles. The van der Waals surface area contributed by atoms with Crippen LogP contribution in [0, 0.1) is 0 Å². The van der Waals surface area contributed by atoms with Crippen molar-refractivity contribution in [3.05, 3.63) is 64.3 Å². The van der Waals surface area contributed by atoms with Crippen LogP contribution in [0.4, 0.5) is 5.69 Å². The summed E-state index contributed by atoms with van der Waals surface area (Å²) in [6, 6.07) is 13.3. The number of amides is 1. The summed E-state index contributed by atoms with van der Waals surface area (Å²) < 4.78 is 5.29. The van der Waals surface area contributed by atoms with Crippen LogP contribution in [0.2, 0.25) is 10.0 Å². The van der Waals surface area contributed by atoms with Crippen LogP contribution < -0.4 is 15.4 Å². The monoisotopic (exact) mass is 443 g/mol. The average molecular weight is 444 g/mol. The summed E-state index contributed by atoms with van der Waals surface area (Å²) in [4.78, 5) is 17.1. The second-order valence-corrected chi connectivity index (χ2v) is 8.40. The van der Waals surface area contributed by atoms with Crippen molar-refractivity contribution >= 4 is 45.7 Å². The SMILES string of the molecule is COc1ccc(Cl)cc1C(=O)NC1CCC(Nc2ccnc3cc(Cl)ccc23)CC1. The molecule has 1 aliphatic carbocycles. The summed E-state index contributed by atoms with van der Waals surface area (Å²) in [6.45, 7) is 0. The Kier molecular flexibility index (Phi) is 6.30. The minimum absolute atomic E-state index is 0.132. The van der Waals surface area contributed by atoms with Crippen molar-refractivity contribution in [1.29, 1.82) is 0 Å². The van der Waals surface area contributed by atoms with Crippen molar-refractivity contribution < 1.29 is 9.53 Å². The van der Waals surface area contributed by atoms with E-state index in [1.807, 2.05) is 24.3 Å². The maximum atomic E-state index is 12.7. The third-order valence-electron chi connectivity index (χ3n) is 5.53. The quantitative estimate of drug-likeness (QED) is 0.530. The first-order valence-electron chi connectivity index (χ1n) is 9.98. The second-order valence-electron chi connectivity index (χ2n) is 7.53. The normalized spacial score (nSPS) is 18.8. The maximum Gasteiger partial charge on any atom is 0.255 e. The third-order valence-corrected chi connectivity index (χ3v) is 6.00. The van der Waals surface area contributed by atoms with Crippen molar-refractivity contribution in [2.75, 3.05) is 12.4 Å². The van der Waals surface area contributed by atoms with E-state index in [9.17, 15) is 4.79 Å². The molecule has 2 aromatic carbocycles. The zero-order valence-corrected chi connectivity index (χ0v) is 18.1. The fraction of sp³-hybridized carbons (Fsp3) is 0.304. The van der Waals surface area contributed by atoms with E-state index in [2.05, 4.69) is 15.6 Å². The van der Waals surface area contributed by atoms with Crippen molar-refractivity contribution in [3.63, 3.8) is 0 Å². The molecule has 3 aromatic rings. The molecule has 1 amide bonds. The van der Waals surface area contributed by atoms with Crippen molar-refractivity contribution in [2.45, 2.75) is 37.8 Å². The summed E-state index contributed by atoms with van der Waals surface area (Å²) in [5.41, 5.74) is 2.41. The van der Waals surface area contributed by atoms with Gasteiger partial charge in [-0.2, -0.15) is 0 Å². The molecule has 7 heteroatoms. The number of aromatic nitrogens is 1. The molecule has 0 aliphatic heterocycles. The summed E-state index contributed by atoms with van der Waals surface area (Å²) in [5, 5.41) is 9.02. The molecule has 30 heavy (non-hydrogen) atoms. The van der Waals surface area contributed by atoms with Crippen molar-refractivity contribution in [3.8, 4) is 5.75 Å². The highest BCUT2D eigenvalue weighted by Crippen LogP contribution is 2.29. The van der Waals surface area contributed by atoms with Gasteiger partial charge in [-0.15, -0.1) is 0 Å². The topological polar surface area (TPSA) is 63.2 Å². The molecule has 0 bridgehead atoms. The van der Waals surface area contributed by atoms with Gasteiger partial charge in [-0.05, 0) is 68.1 Å². The van der Waals surface area contributed by atoms with Crippen LogP contribution in [-0.2, 0) is 0 Å². The average Bonchev–Trinajstić information content (AvgIpc) is 2.75. The van der Waals surface area contributed by atoms with Gasteiger partial charge in [0.15, 0.2) is 0 Å². The molecule has 1 heterocycles. The first kappa shape index (κ1) is 20.8. The summed E-state index contributed by atoms with van der Waals surface area (Å²) >= 11 is 12.1. The van der Waals surface area contributed by atoms with Crippen LogP contribution in [0.3, 0.4) is 0 Å². The van der Waals surface area contributed by atoms with E-state index in [0.29, 0.717) is 27.4 Å². The van der Waals surface area contributed by atoms with Crippen molar-refractivity contribution in [2.24, 2.45) is 0 Å². The van der Waals surface area contributed by atoms with Crippen LogP contribution in [0.5, 0.6) is 5.75 Å². The zero-order chi connectivity index (χ0) is 21.1. The van der Waals surface area contributed by atoms with E-state index in [0.717, 1.165) is 42.3 Å². The molecule has 2 N–H and O–H groups in total. The van der Waals surface area contributed by atoms with E-state index >= 15 is 0 Å². The summed E-state index contributed by atoms with van der Waals surface area (Å²) in [5.74, 6) is 0.375. The number of rotatable bonds is 5. The van der Waals surface area contributed by atoms with E-state index in [-0.39, 0.29) is 11.9 Å². The highest BCUT2D eigenvalue weighted by Gasteiger charge is 2.24. The van der Waals surface area contributed by atoms with Gasteiger partial charge < -0.3 is 15.4 Å². The Bertz CT molecular complexity index is 1070. The Labute approximate surface area is 185 Å². The number of pyridine rings is 1. The van der Waals surface area contributed by atoms with Crippen LogP contribution in [0.1, 0.15) is 36.0 Å². The van der Waals surface area contributed by atoms with E-state index in [1.165, 1.54) is 0 Å². The Hall–Kier alpha value is -2.50. The van der Waals surface area contributed by atoms with Gasteiger partial charge >= 0.3 is 0 Å². The lowest BCUT2D eigenvalue weighted by Gasteiger charge is -2.30. The van der Waals surface area contributed by atoms with Gasteiger partial charge in [-0.3, -0.25) is 9.78 Å². The van der Waals surface area contributed by atoms with Gasteiger partial charge in [0.05, 0.1) is 18.2 Å². The molecule has 1 fully saturated rings. The number of benzene rings is 2. The first-order valence-corrected chi connectivity index (χ1v) is 10.7. The van der Waals surface area contributed by atoms with Gasteiger partial charge in [0.1, 0.15) is 5.75 Å². The molecule has 0 atom stereocenters. The van der Waals surface area contributed by atoms with Gasteiger partial charge in [0, 0.05) is 39.4 Å². The zero-order valence-electron chi connectivity index (χ0n) is 16.6. The number of anilines is 1. The maximum absolute atomic E-state index is 12.7. The molecule has 5 nitrogen and oxygen atoms in total. The highest BCUT2D eigenvalue weighted by molar-refractivity contribution is 6.31. The number of ether oxygens (including phenoxy) is 1. The van der Waals surface area contributed by atoms with Crippen LogP contribution in [0.25, 0.3) is 10.9 Å². The molecule has 0 spiro atoms.